The molecule has 4 unspecified atom stereocenters. The Bertz CT molecular complexity index is 1570. The van der Waals surface area contributed by atoms with E-state index in [1.54, 1.807) is 0 Å². The monoisotopic (exact) mass is 819 g/mol. The van der Waals surface area contributed by atoms with Gasteiger partial charge in [0.1, 0.15) is 0 Å². The molecule has 49 heavy (non-hydrogen) atoms. The van der Waals surface area contributed by atoms with E-state index in [4.69, 9.17) is 9.29 Å². The molecule has 0 radical (unpaired) electrons. The topological polar surface area (TPSA) is 80.7 Å². The van der Waals surface area contributed by atoms with E-state index in [9.17, 15) is 13.2 Å². The molecule has 0 saturated heterocycles. The predicted molar refractivity (Wildman–Crippen MR) is 198 cm³/mol. The summed E-state index contributed by atoms with van der Waals surface area (Å²) in [4.78, 5) is 17.6. The first-order valence-corrected chi connectivity index (χ1v) is 24.6. The Kier molecular flexibility index (Phi) is 11.2. The van der Waals surface area contributed by atoms with E-state index < -0.39 is 42.9 Å². The van der Waals surface area contributed by atoms with E-state index in [1.165, 1.54) is 31.4 Å². The van der Waals surface area contributed by atoms with Gasteiger partial charge in [-0.25, -0.2) is 0 Å². The average Bonchev–Trinajstić information content (AvgIpc) is 3.61. The molecular formula is C41H56IO5S2-. The van der Waals surface area contributed by atoms with Crippen molar-refractivity contribution in [3.05, 3.63) is 89.5 Å². The van der Waals surface area contributed by atoms with Crippen LogP contribution in [0.15, 0.2) is 87.5 Å². The standard InChI is InChI=1S/C41H56IO5S2/c1-39(2,3)29-11-17-32(18-12-29)49(33-19-13-30(14-20-33)40(4,5)6,34-21-15-31(16-22-34)41(7,8)9)42-37-27-28-25-35(37)36(26-28)38(43)47-23-10-24-48(44,45)46/h11-22,28,35-37H,10,23-27H2,1-9H3,(H,44,45,46)/q-1. The Labute approximate surface area is 306 Å². The summed E-state index contributed by atoms with van der Waals surface area (Å²) in [5.74, 6) is 0.0385. The molecule has 2 saturated carbocycles. The Morgan fingerprint density at radius 2 is 1.10 bits per heavy atom. The number of ether oxygens (including phenoxy) is 1. The Hall–Kier alpha value is -1.88. The Morgan fingerprint density at radius 1 is 0.694 bits per heavy atom. The average molecular weight is 820 g/mol. The second-order valence-electron chi connectivity index (χ2n) is 17.1. The molecule has 3 aromatic rings. The van der Waals surface area contributed by atoms with E-state index in [0.717, 1.165) is 19.3 Å². The van der Waals surface area contributed by atoms with E-state index in [0.29, 0.717) is 9.84 Å². The number of alkyl halides is 1. The fourth-order valence-electron chi connectivity index (χ4n) is 7.32. The van der Waals surface area contributed by atoms with Gasteiger partial charge in [0.05, 0.1) is 0 Å². The van der Waals surface area contributed by atoms with Gasteiger partial charge in [-0.2, -0.15) is 0 Å². The van der Waals surface area contributed by atoms with Crippen LogP contribution in [0.4, 0.5) is 0 Å². The summed E-state index contributed by atoms with van der Waals surface area (Å²) in [6.07, 6.45) is 3.17. The molecule has 2 aliphatic rings. The van der Waals surface area contributed by atoms with Crippen LogP contribution >= 0.6 is 7.20 Å². The Morgan fingerprint density at radius 3 is 1.45 bits per heavy atom. The van der Waals surface area contributed by atoms with E-state index in [2.05, 4.69) is 135 Å². The zero-order valence-electron chi connectivity index (χ0n) is 30.8. The van der Waals surface area contributed by atoms with Gasteiger partial charge in [0.2, 0.25) is 0 Å². The summed E-state index contributed by atoms with van der Waals surface area (Å²) in [6, 6.07) is 28.4. The van der Waals surface area contributed by atoms with Crippen LogP contribution in [0.1, 0.15) is 105 Å². The first kappa shape index (κ1) is 38.4. The summed E-state index contributed by atoms with van der Waals surface area (Å²) < 4.78 is 37.6. The molecule has 0 spiro atoms. The molecule has 5 rings (SSSR count). The van der Waals surface area contributed by atoms with Crippen LogP contribution in [0.3, 0.4) is 0 Å². The summed E-state index contributed by atoms with van der Waals surface area (Å²) >= 11 is -0.522. The first-order chi connectivity index (χ1) is 22.7. The predicted octanol–water partition coefficient (Wildman–Crippen LogP) is 7.10. The molecule has 270 valence electrons. The van der Waals surface area contributed by atoms with Crippen molar-refractivity contribution in [2.24, 2.45) is 17.8 Å². The molecule has 0 amide bonds. The summed E-state index contributed by atoms with van der Waals surface area (Å²) in [7, 11) is -5.72. The Balaban J connectivity index is 1.60. The van der Waals surface area contributed by atoms with Crippen molar-refractivity contribution in [3.8, 4) is 0 Å². The molecule has 8 heteroatoms. The zero-order chi connectivity index (χ0) is 36.0. The van der Waals surface area contributed by atoms with Gasteiger partial charge in [-0.15, -0.1) is 0 Å². The van der Waals surface area contributed by atoms with Crippen molar-refractivity contribution in [1.82, 2.24) is 0 Å². The fourth-order valence-corrected chi connectivity index (χ4v) is 22.5. The van der Waals surface area contributed by atoms with Gasteiger partial charge in [0, 0.05) is 0 Å². The van der Waals surface area contributed by atoms with Gasteiger partial charge in [-0.3, -0.25) is 0 Å². The maximum atomic E-state index is 13.5. The summed E-state index contributed by atoms with van der Waals surface area (Å²) in [5.41, 5.74) is 4.12. The normalized spacial score (nSPS) is 22.0. The van der Waals surface area contributed by atoms with E-state index in [-0.39, 0.29) is 47.1 Å². The number of fused-ring (bicyclic) bond motifs is 2. The molecule has 2 aliphatic carbocycles. The molecule has 0 aromatic heterocycles. The minimum atomic E-state index is -4.08. The van der Waals surface area contributed by atoms with Gasteiger partial charge >= 0.3 is 308 Å². The van der Waals surface area contributed by atoms with Gasteiger partial charge in [-0.1, -0.05) is 0 Å². The molecule has 2 fully saturated rings. The van der Waals surface area contributed by atoms with E-state index in [1.807, 2.05) is 0 Å². The SMILES string of the molecule is CC(C)(C)c1ccc(S([I-]C2CC3CC(C(=O)OCCCS(=O)(=O)O)C2C3)(c2ccc(C(C)(C)C)cc2)c2ccc(C(C)(C)C)cc2)cc1. The fraction of sp³-hybridized carbons (Fsp3) is 0.537. The second kappa shape index (κ2) is 14.3. The molecule has 0 aliphatic heterocycles. The van der Waals surface area contributed by atoms with Crippen LogP contribution in [-0.4, -0.2) is 35.2 Å². The second-order valence-corrected chi connectivity index (χ2v) is 28.4. The van der Waals surface area contributed by atoms with Crippen molar-refractivity contribution >= 4 is 23.3 Å². The van der Waals surface area contributed by atoms with Gasteiger partial charge in [0.15, 0.2) is 0 Å². The van der Waals surface area contributed by atoms with Crippen molar-refractivity contribution < 1.29 is 42.3 Å². The quantitative estimate of drug-likeness (QED) is 0.0777. The number of hydrogen-bond donors (Lipinski definition) is 1. The van der Waals surface area contributed by atoms with E-state index >= 15 is 0 Å². The molecule has 4 atom stereocenters. The molecule has 2 bridgehead atoms. The number of benzene rings is 3. The number of esters is 1. The van der Waals surface area contributed by atoms with Crippen LogP contribution in [0.25, 0.3) is 0 Å². The van der Waals surface area contributed by atoms with Crippen LogP contribution in [0, 0.1) is 17.8 Å². The third-order valence-corrected chi connectivity index (χ3v) is 24.5. The van der Waals surface area contributed by atoms with Gasteiger partial charge in [0.25, 0.3) is 0 Å². The third kappa shape index (κ3) is 8.78. The van der Waals surface area contributed by atoms with Crippen molar-refractivity contribution in [1.29, 1.82) is 0 Å². The minimum absolute atomic E-state index is 0.0157. The van der Waals surface area contributed by atoms with Crippen LogP contribution in [-0.2, 0) is 35.9 Å². The molecule has 1 N–H and O–H groups in total. The third-order valence-electron chi connectivity index (χ3n) is 10.2. The molecule has 3 aromatic carbocycles. The molecule has 0 heterocycles. The number of halogens is 1. The summed E-state index contributed by atoms with van der Waals surface area (Å²) in [6.45, 7) is 20.4. The van der Waals surface area contributed by atoms with Crippen LogP contribution in [0.5, 0.6) is 0 Å². The van der Waals surface area contributed by atoms with Gasteiger partial charge in [-0.05, 0) is 0 Å². The van der Waals surface area contributed by atoms with Crippen molar-refractivity contribution in [2.45, 2.75) is 123 Å². The van der Waals surface area contributed by atoms with Crippen LogP contribution < -0.4 is 19.8 Å². The number of rotatable bonds is 10. The number of carbonyl (C=O) groups is 1. The van der Waals surface area contributed by atoms with Crippen molar-refractivity contribution in [2.75, 3.05) is 12.4 Å². The molecule has 5 nitrogen and oxygen atoms in total. The molecular weight excluding hydrogens is 763 g/mol. The zero-order valence-corrected chi connectivity index (χ0v) is 34.5. The first-order valence-electron chi connectivity index (χ1n) is 17.6. The number of carbonyl (C=O) groups excluding carboxylic acids is 1. The maximum absolute atomic E-state index is 13.5. The summed E-state index contributed by atoms with van der Waals surface area (Å²) in [5, 5.41) is 0. The number of hydrogen-bond acceptors (Lipinski definition) is 4. The van der Waals surface area contributed by atoms with Gasteiger partial charge < -0.3 is 0 Å². The van der Waals surface area contributed by atoms with Crippen LogP contribution in [0.2, 0.25) is 0 Å². The van der Waals surface area contributed by atoms with Crippen molar-refractivity contribution in [3.63, 3.8) is 0 Å².